The molecule has 0 aromatic rings. The molecule has 0 bridgehead atoms. The van der Waals surface area contributed by atoms with Gasteiger partial charge in [0.15, 0.2) is 0 Å². The molecule has 96 valence electrons. The molecule has 2 rings (SSSR count). The van der Waals surface area contributed by atoms with Crippen LogP contribution < -0.4 is 0 Å². The summed E-state index contributed by atoms with van der Waals surface area (Å²) >= 11 is 0. The number of amides is 1. The number of hydrogen-bond acceptors (Lipinski definition) is 3. The molecule has 2 aliphatic rings. The van der Waals surface area contributed by atoms with Crippen molar-refractivity contribution in [2.75, 3.05) is 6.54 Å². The van der Waals surface area contributed by atoms with Gasteiger partial charge in [-0.15, -0.1) is 0 Å². The number of nitrogens with zero attached hydrogens (tertiary/aromatic N) is 1. The highest BCUT2D eigenvalue weighted by atomic mass is 16.6. The maximum atomic E-state index is 11.9. The van der Waals surface area contributed by atoms with Gasteiger partial charge in [-0.05, 0) is 52.0 Å². The second-order valence-electron chi connectivity index (χ2n) is 5.96. The molecule has 4 heteroatoms. The summed E-state index contributed by atoms with van der Waals surface area (Å²) in [4.78, 5) is 13.5. The summed E-state index contributed by atoms with van der Waals surface area (Å²) in [5.74, 6) is 0. The first-order chi connectivity index (χ1) is 7.80. The van der Waals surface area contributed by atoms with Gasteiger partial charge < -0.3 is 9.84 Å². The van der Waals surface area contributed by atoms with Crippen LogP contribution in [0.25, 0.3) is 0 Å². The largest absolute Gasteiger partial charge is 0.443 e. The van der Waals surface area contributed by atoms with E-state index in [0.717, 1.165) is 31.3 Å². The van der Waals surface area contributed by atoms with Gasteiger partial charge in [0.25, 0.3) is 0 Å². The van der Waals surface area contributed by atoms with E-state index in [4.69, 9.17) is 4.74 Å². The third-order valence-corrected chi connectivity index (χ3v) is 3.11. The minimum atomic E-state index is -0.624. The van der Waals surface area contributed by atoms with E-state index in [1.54, 1.807) is 11.1 Å². The molecule has 0 atom stereocenters. The predicted octanol–water partition coefficient (Wildman–Crippen LogP) is 2.43. The fourth-order valence-electron chi connectivity index (χ4n) is 2.01. The second-order valence-corrected chi connectivity index (χ2v) is 5.96. The van der Waals surface area contributed by atoms with Crippen molar-refractivity contribution in [3.05, 3.63) is 11.8 Å². The van der Waals surface area contributed by atoms with E-state index in [-0.39, 0.29) is 6.09 Å². The van der Waals surface area contributed by atoms with E-state index >= 15 is 0 Å². The molecule has 4 nitrogen and oxygen atoms in total. The van der Waals surface area contributed by atoms with Crippen molar-refractivity contribution < 1.29 is 14.6 Å². The topological polar surface area (TPSA) is 49.8 Å². The van der Waals surface area contributed by atoms with E-state index in [9.17, 15) is 9.90 Å². The fourth-order valence-corrected chi connectivity index (χ4v) is 2.01. The Morgan fingerprint density at radius 3 is 2.65 bits per heavy atom. The van der Waals surface area contributed by atoms with Crippen LogP contribution in [0.1, 0.15) is 46.5 Å². The normalized spacial score (nSPS) is 23.1. The molecule has 0 spiro atoms. The third kappa shape index (κ3) is 3.00. The van der Waals surface area contributed by atoms with Crippen molar-refractivity contribution in [2.45, 2.75) is 57.7 Å². The van der Waals surface area contributed by atoms with Gasteiger partial charge in [-0.3, -0.25) is 4.90 Å². The van der Waals surface area contributed by atoms with Crippen molar-refractivity contribution in [1.29, 1.82) is 0 Å². The Kier molecular flexibility index (Phi) is 2.94. The van der Waals surface area contributed by atoms with E-state index in [1.165, 1.54) is 0 Å². The first kappa shape index (κ1) is 12.4. The molecule has 1 aliphatic carbocycles. The molecule has 0 aromatic carbocycles. The van der Waals surface area contributed by atoms with Crippen LogP contribution in [0.5, 0.6) is 0 Å². The van der Waals surface area contributed by atoms with Crippen LogP contribution in [0.4, 0.5) is 4.79 Å². The molecule has 1 fully saturated rings. The maximum Gasteiger partial charge on any atom is 0.414 e. The minimum absolute atomic E-state index is 0.320. The average molecular weight is 239 g/mol. The highest BCUT2D eigenvalue weighted by molar-refractivity contribution is 5.69. The molecule has 0 aromatic heterocycles. The predicted molar refractivity (Wildman–Crippen MR) is 64.4 cm³/mol. The number of rotatable bonds is 1. The first-order valence-corrected chi connectivity index (χ1v) is 6.23. The minimum Gasteiger partial charge on any atom is -0.443 e. The van der Waals surface area contributed by atoms with Crippen LogP contribution in [0.3, 0.4) is 0 Å². The lowest BCUT2D eigenvalue weighted by molar-refractivity contribution is 0.0317. The lowest BCUT2D eigenvalue weighted by atomic mass is 10.0. The van der Waals surface area contributed by atoms with Crippen molar-refractivity contribution in [3.63, 3.8) is 0 Å². The molecule has 17 heavy (non-hydrogen) atoms. The Morgan fingerprint density at radius 2 is 2.12 bits per heavy atom. The number of aliphatic hydroxyl groups is 1. The monoisotopic (exact) mass is 239 g/mol. The van der Waals surface area contributed by atoms with Gasteiger partial charge in [0.2, 0.25) is 0 Å². The quantitative estimate of drug-likeness (QED) is 0.764. The van der Waals surface area contributed by atoms with Crippen molar-refractivity contribution in [1.82, 2.24) is 4.90 Å². The molecule has 1 N–H and O–H groups in total. The fraction of sp³-hybridized carbons (Fsp3) is 0.769. The Bertz CT molecular complexity index is 350. The number of hydrogen-bond donors (Lipinski definition) is 1. The lowest BCUT2D eigenvalue weighted by Gasteiger charge is -2.29. The molecular weight excluding hydrogens is 218 g/mol. The Labute approximate surface area is 102 Å². The molecule has 1 aliphatic heterocycles. The van der Waals surface area contributed by atoms with Gasteiger partial charge in [0.1, 0.15) is 5.60 Å². The van der Waals surface area contributed by atoms with Crippen molar-refractivity contribution >= 4 is 6.09 Å². The van der Waals surface area contributed by atoms with Gasteiger partial charge in [0.05, 0.1) is 5.60 Å². The summed E-state index contributed by atoms with van der Waals surface area (Å²) in [7, 11) is 0. The zero-order valence-electron chi connectivity index (χ0n) is 10.8. The molecule has 0 unspecified atom stereocenters. The molecular formula is C13H21NO3. The molecule has 0 saturated heterocycles. The molecule has 1 amide bonds. The van der Waals surface area contributed by atoms with E-state index < -0.39 is 11.2 Å². The zero-order valence-corrected chi connectivity index (χ0v) is 10.8. The highest BCUT2D eigenvalue weighted by Gasteiger charge is 2.45. The van der Waals surface area contributed by atoms with Crippen molar-refractivity contribution in [3.8, 4) is 0 Å². The number of carbonyl (C=O) groups is 1. The molecule has 0 radical (unpaired) electrons. The van der Waals surface area contributed by atoms with Crippen LogP contribution in [-0.4, -0.2) is 33.8 Å². The summed E-state index contributed by atoms with van der Waals surface area (Å²) in [6.45, 7) is 6.24. The first-order valence-electron chi connectivity index (χ1n) is 6.23. The maximum absolute atomic E-state index is 11.9. The lowest BCUT2D eigenvalue weighted by Crippen LogP contribution is -2.36. The van der Waals surface area contributed by atoms with Gasteiger partial charge >= 0.3 is 6.09 Å². The van der Waals surface area contributed by atoms with Crippen LogP contribution >= 0.6 is 0 Å². The highest BCUT2D eigenvalue weighted by Crippen LogP contribution is 2.44. The van der Waals surface area contributed by atoms with Gasteiger partial charge in [0, 0.05) is 12.7 Å². The van der Waals surface area contributed by atoms with Crippen molar-refractivity contribution in [2.24, 2.45) is 0 Å². The smallest absolute Gasteiger partial charge is 0.414 e. The summed E-state index contributed by atoms with van der Waals surface area (Å²) in [5, 5.41) is 10.0. The van der Waals surface area contributed by atoms with E-state index in [2.05, 4.69) is 0 Å². The third-order valence-electron chi connectivity index (χ3n) is 3.11. The van der Waals surface area contributed by atoms with Gasteiger partial charge in [-0.2, -0.15) is 0 Å². The van der Waals surface area contributed by atoms with E-state index in [0.29, 0.717) is 6.54 Å². The second kappa shape index (κ2) is 4.02. The summed E-state index contributed by atoms with van der Waals surface area (Å²) in [6.07, 6.45) is 4.88. The van der Waals surface area contributed by atoms with Crippen LogP contribution in [0.15, 0.2) is 11.8 Å². The Hall–Kier alpha value is -1.03. The van der Waals surface area contributed by atoms with Gasteiger partial charge in [-0.1, -0.05) is 0 Å². The summed E-state index contributed by atoms with van der Waals surface area (Å²) < 4.78 is 5.32. The standard InChI is InChI=1S/C13H21NO3/c1-12(2,3)17-11(15)14-8-4-5-10(9-14)13(16)6-7-13/h9,16H,4-8H2,1-3H3. The van der Waals surface area contributed by atoms with Crippen LogP contribution in [-0.2, 0) is 4.74 Å². The van der Waals surface area contributed by atoms with Crippen LogP contribution in [0, 0.1) is 0 Å². The van der Waals surface area contributed by atoms with E-state index in [1.807, 2.05) is 20.8 Å². The number of carbonyl (C=O) groups excluding carboxylic acids is 1. The Morgan fingerprint density at radius 1 is 1.47 bits per heavy atom. The molecule has 1 heterocycles. The number of ether oxygens (including phenoxy) is 1. The Balaban J connectivity index is 2.04. The summed E-state index contributed by atoms with van der Waals surface area (Å²) in [6, 6.07) is 0. The SMILES string of the molecule is CC(C)(C)OC(=O)N1C=C(C2(O)CC2)CCC1. The molecule has 1 saturated carbocycles. The zero-order chi connectivity index (χ0) is 12.7. The van der Waals surface area contributed by atoms with Gasteiger partial charge in [-0.25, -0.2) is 4.79 Å². The summed E-state index contributed by atoms with van der Waals surface area (Å²) in [5.41, 5.74) is -0.116. The average Bonchev–Trinajstić information content (AvgIpc) is 2.96. The van der Waals surface area contributed by atoms with Crippen LogP contribution in [0.2, 0.25) is 0 Å².